The average molecular weight is 229 g/mol. The molecule has 2 unspecified atom stereocenters. The van der Waals surface area contributed by atoms with Gasteiger partial charge in [0.05, 0.1) is 23.0 Å². The van der Waals surface area contributed by atoms with Crippen molar-refractivity contribution in [2.75, 3.05) is 11.5 Å². The zero-order chi connectivity index (χ0) is 11.5. The van der Waals surface area contributed by atoms with Gasteiger partial charge in [0.2, 0.25) is 0 Å². The first-order valence-corrected chi connectivity index (χ1v) is 7.37. The second-order valence-corrected chi connectivity index (χ2v) is 7.02. The van der Waals surface area contributed by atoms with Crippen molar-refractivity contribution in [1.82, 2.24) is 0 Å². The molecule has 1 fully saturated rings. The van der Waals surface area contributed by atoms with Crippen LogP contribution in [0.3, 0.4) is 0 Å². The van der Waals surface area contributed by atoms with Gasteiger partial charge in [0.25, 0.3) is 0 Å². The van der Waals surface area contributed by atoms with Gasteiger partial charge in [-0.1, -0.05) is 26.7 Å². The lowest BCUT2D eigenvalue weighted by molar-refractivity contribution is 0.323. The molecule has 0 spiro atoms. The third-order valence-corrected chi connectivity index (χ3v) is 4.96. The summed E-state index contributed by atoms with van der Waals surface area (Å²) in [5, 5.41) is 9.15. The second kappa shape index (κ2) is 4.52. The molecule has 1 heterocycles. The minimum Gasteiger partial charge on any atom is -0.229 e. The maximum atomic E-state index is 11.4. The van der Waals surface area contributed by atoms with Crippen LogP contribution < -0.4 is 0 Å². The Labute approximate surface area is 92.4 Å². The molecule has 2 atom stereocenters. The molecule has 1 aliphatic rings. The first-order chi connectivity index (χ1) is 6.93. The summed E-state index contributed by atoms with van der Waals surface area (Å²) in [5.41, 5.74) is -0.590. The molecule has 0 aromatic rings. The fourth-order valence-corrected chi connectivity index (χ4v) is 4.49. The topological polar surface area (TPSA) is 57.9 Å². The summed E-state index contributed by atoms with van der Waals surface area (Å²) < 4.78 is 22.8. The first-order valence-electron chi connectivity index (χ1n) is 5.55. The lowest BCUT2D eigenvalue weighted by atomic mass is 9.79. The van der Waals surface area contributed by atoms with Gasteiger partial charge < -0.3 is 0 Å². The van der Waals surface area contributed by atoms with E-state index in [1.807, 2.05) is 0 Å². The molecule has 3 nitrogen and oxygen atoms in total. The fourth-order valence-electron chi connectivity index (χ4n) is 2.47. The lowest BCUT2D eigenvalue weighted by Gasteiger charge is -2.22. The van der Waals surface area contributed by atoms with Crippen molar-refractivity contribution >= 4 is 9.84 Å². The fraction of sp³-hybridized carbons (Fsp3) is 0.909. The highest BCUT2D eigenvalue weighted by molar-refractivity contribution is 7.91. The van der Waals surface area contributed by atoms with Gasteiger partial charge in [0.15, 0.2) is 9.84 Å². The summed E-state index contributed by atoms with van der Waals surface area (Å²) in [6.07, 6.45) is 3.43. The highest BCUT2D eigenvalue weighted by Gasteiger charge is 2.43. The Morgan fingerprint density at radius 2 is 2.20 bits per heavy atom. The molecule has 0 bridgehead atoms. The summed E-state index contributed by atoms with van der Waals surface area (Å²) in [6, 6.07) is 2.24. The average Bonchev–Trinajstić information content (AvgIpc) is 2.43. The highest BCUT2D eigenvalue weighted by atomic mass is 32.2. The molecule has 0 radical (unpaired) electrons. The second-order valence-electron chi connectivity index (χ2n) is 4.83. The van der Waals surface area contributed by atoms with Crippen LogP contribution in [-0.4, -0.2) is 19.9 Å². The van der Waals surface area contributed by atoms with Crippen molar-refractivity contribution in [2.45, 2.75) is 39.5 Å². The van der Waals surface area contributed by atoms with Gasteiger partial charge in [-0.15, -0.1) is 0 Å². The van der Waals surface area contributed by atoms with Crippen LogP contribution in [0, 0.1) is 22.7 Å². The lowest BCUT2D eigenvalue weighted by Crippen LogP contribution is -2.23. The largest absolute Gasteiger partial charge is 0.229 e. The molecule has 15 heavy (non-hydrogen) atoms. The molecular weight excluding hydrogens is 210 g/mol. The summed E-state index contributed by atoms with van der Waals surface area (Å²) in [6.45, 7) is 4.22. The number of nitrogens with zero attached hydrogens (tertiary/aromatic N) is 1. The third-order valence-electron chi connectivity index (χ3n) is 3.15. The standard InChI is InChI=1S/C11H19NO2S/c1-3-4-10(2)7-11(8-12)5-6-15(13,14)9-11/h10H,3-7,9H2,1-2H3. The zero-order valence-electron chi connectivity index (χ0n) is 9.49. The minimum absolute atomic E-state index is 0.0740. The predicted molar refractivity (Wildman–Crippen MR) is 60.0 cm³/mol. The van der Waals surface area contributed by atoms with E-state index in [2.05, 4.69) is 19.9 Å². The van der Waals surface area contributed by atoms with Crippen molar-refractivity contribution in [2.24, 2.45) is 11.3 Å². The van der Waals surface area contributed by atoms with Crippen molar-refractivity contribution in [3.63, 3.8) is 0 Å². The van der Waals surface area contributed by atoms with E-state index < -0.39 is 15.3 Å². The Morgan fingerprint density at radius 3 is 2.60 bits per heavy atom. The zero-order valence-corrected chi connectivity index (χ0v) is 10.3. The number of nitriles is 1. The number of hydrogen-bond acceptors (Lipinski definition) is 3. The maximum absolute atomic E-state index is 11.4. The van der Waals surface area contributed by atoms with Crippen LogP contribution in [0.2, 0.25) is 0 Å². The van der Waals surface area contributed by atoms with Crippen LogP contribution in [-0.2, 0) is 9.84 Å². The van der Waals surface area contributed by atoms with Crippen LogP contribution in [0.4, 0.5) is 0 Å². The molecule has 0 aromatic heterocycles. The molecule has 0 aromatic carbocycles. The van der Waals surface area contributed by atoms with Crippen LogP contribution in [0.1, 0.15) is 39.5 Å². The van der Waals surface area contributed by atoms with Crippen molar-refractivity contribution < 1.29 is 8.42 Å². The van der Waals surface area contributed by atoms with Crippen molar-refractivity contribution in [3.8, 4) is 6.07 Å². The van der Waals surface area contributed by atoms with Gasteiger partial charge in [-0.3, -0.25) is 0 Å². The molecular formula is C11H19NO2S. The normalized spacial score (nSPS) is 31.0. The molecule has 0 aliphatic carbocycles. The summed E-state index contributed by atoms with van der Waals surface area (Å²) in [4.78, 5) is 0. The minimum atomic E-state index is -2.95. The van der Waals surface area contributed by atoms with Gasteiger partial charge in [0.1, 0.15) is 0 Å². The van der Waals surface area contributed by atoms with E-state index in [0.717, 1.165) is 19.3 Å². The van der Waals surface area contributed by atoms with Gasteiger partial charge >= 0.3 is 0 Å². The Kier molecular flexibility index (Phi) is 3.77. The quantitative estimate of drug-likeness (QED) is 0.742. The molecule has 0 N–H and O–H groups in total. The van der Waals surface area contributed by atoms with E-state index in [1.54, 1.807) is 0 Å². The number of sulfone groups is 1. The van der Waals surface area contributed by atoms with E-state index in [-0.39, 0.29) is 11.5 Å². The van der Waals surface area contributed by atoms with Crippen LogP contribution >= 0.6 is 0 Å². The Hall–Kier alpha value is -0.560. The molecule has 4 heteroatoms. The SMILES string of the molecule is CCCC(C)CC1(C#N)CCS(=O)(=O)C1. The highest BCUT2D eigenvalue weighted by Crippen LogP contribution is 2.38. The molecule has 1 saturated heterocycles. The molecule has 86 valence electrons. The number of hydrogen-bond donors (Lipinski definition) is 0. The predicted octanol–water partition coefficient (Wildman–Crippen LogP) is 2.14. The van der Waals surface area contributed by atoms with Crippen LogP contribution in [0.5, 0.6) is 0 Å². The van der Waals surface area contributed by atoms with Gasteiger partial charge in [-0.2, -0.15) is 5.26 Å². The van der Waals surface area contributed by atoms with E-state index in [1.165, 1.54) is 0 Å². The molecule has 0 saturated carbocycles. The van der Waals surface area contributed by atoms with Gasteiger partial charge in [-0.25, -0.2) is 8.42 Å². The van der Waals surface area contributed by atoms with Crippen LogP contribution in [0.15, 0.2) is 0 Å². The third kappa shape index (κ3) is 3.20. The Balaban J connectivity index is 2.69. The smallest absolute Gasteiger partial charge is 0.151 e. The molecule has 0 amide bonds. The Morgan fingerprint density at radius 1 is 1.53 bits per heavy atom. The van der Waals surface area contributed by atoms with Crippen LogP contribution in [0.25, 0.3) is 0 Å². The Bertz CT molecular complexity index is 355. The summed E-state index contributed by atoms with van der Waals surface area (Å²) >= 11 is 0. The number of rotatable bonds is 4. The summed E-state index contributed by atoms with van der Waals surface area (Å²) in [7, 11) is -2.95. The van der Waals surface area contributed by atoms with Gasteiger partial charge in [0, 0.05) is 0 Å². The first kappa shape index (κ1) is 12.5. The van der Waals surface area contributed by atoms with Gasteiger partial charge in [-0.05, 0) is 18.8 Å². The molecule has 1 rings (SSSR count). The van der Waals surface area contributed by atoms with Crippen molar-refractivity contribution in [1.29, 1.82) is 5.26 Å². The van der Waals surface area contributed by atoms with E-state index >= 15 is 0 Å². The van der Waals surface area contributed by atoms with E-state index in [9.17, 15) is 8.42 Å². The molecule has 1 aliphatic heterocycles. The monoisotopic (exact) mass is 229 g/mol. The summed E-state index contributed by atoms with van der Waals surface area (Å²) in [5.74, 6) is 0.715. The maximum Gasteiger partial charge on any atom is 0.151 e. The van der Waals surface area contributed by atoms with E-state index in [0.29, 0.717) is 12.3 Å². The van der Waals surface area contributed by atoms with Crippen molar-refractivity contribution in [3.05, 3.63) is 0 Å². The van der Waals surface area contributed by atoms with E-state index in [4.69, 9.17) is 5.26 Å².